The second kappa shape index (κ2) is 22.0. The summed E-state index contributed by atoms with van der Waals surface area (Å²) in [7, 11) is 0. The lowest BCUT2D eigenvalue weighted by molar-refractivity contribution is 0.332. The van der Waals surface area contributed by atoms with E-state index in [1.54, 1.807) is 6.08 Å². The zero-order valence-corrected chi connectivity index (χ0v) is 52.3. The molecule has 0 amide bonds. The second-order valence-corrected chi connectivity index (χ2v) is 29.5. The highest BCUT2D eigenvalue weighted by atomic mass is 32.1. The van der Waals surface area contributed by atoms with Crippen LogP contribution in [0.4, 0.5) is 17.1 Å². The van der Waals surface area contributed by atoms with Crippen LogP contribution in [-0.2, 0) is 27.1 Å². The van der Waals surface area contributed by atoms with Gasteiger partial charge in [-0.15, -0.1) is 31.0 Å². The summed E-state index contributed by atoms with van der Waals surface area (Å²) in [5.41, 5.74) is 20.8. The number of aryl methyl sites for hydroxylation is 1. The molecular weight excluding hydrogens is 1010 g/mol. The molecule has 0 saturated heterocycles. The van der Waals surface area contributed by atoms with Gasteiger partial charge in [0, 0.05) is 58.8 Å². The van der Waals surface area contributed by atoms with Crippen molar-refractivity contribution in [2.45, 2.75) is 187 Å². The minimum absolute atomic E-state index is 0.0231. The quantitative estimate of drug-likeness (QED) is 0.0640. The Morgan fingerprint density at radius 1 is 0.841 bits per heavy atom. The van der Waals surface area contributed by atoms with Crippen molar-refractivity contribution in [2.24, 2.45) is 11.8 Å². The molecule has 4 unspecified atom stereocenters. The van der Waals surface area contributed by atoms with Crippen molar-refractivity contribution in [3.63, 3.8) is 0 Å². The summed E-state index contributed by atoms with van der Waals surface area (Å²) < 4.78 is 28.8. The van der Waals surface area contributed by atoms with Gasteiger partial charge in [0.25, 0.3) is 6.71 Å². The number of benzene rings is 4. The molecule has 5 heteroatoms. The summed E-state index contributed by atoms with van der Waals surface area (Å²) in [6.07, 6.45) is 33.5. The Balaban J connectivity index is 1.25. The Hall–Kier alpha value is -6.30. The summed E-state index contributed by atoms with van der Waals surface area (Å²) in [5.74, 6) is -0.434. The van der Waals surface area contributed by atoms with E-state index >= 15 is 0 Å². The molecule has 4 aromatic carbocycles. The molecule has 1 aromatic heterocycles. The van der Waals surface area contributed by atoms with Crippen LogP contribution in [0.1, 0.15) is 190 Å². The van der Waals surface area contributed by atoms with E-state index in [0.29, 0.717) is 6.42 Å². The highest BCUT2D eigenvalue weighted by molar-refractivity contribution is 7.30. The molecule has 1 N–H and O–H groups in total. The van der Waals surface area contributed by atoms with Gasteiger partial charge >= 0.3 is 0 Å². The Kier molecular flexibility index (Phi) is 14.4. The van der Waals surface area contributed by atoms with E-state index in [0.717, 1.165) is 74.8 Å². The number of unbranched alkanes of at least 4 members (excludes halogenated alkanes) is 1. The van der Waals surface area contributed by atoms with Gasteiger partial charge in [-0.2, -0.15) is 0 Å². The molecule has 0 radical (unpaired) electrons. The lowest BCUT2D eigenvalue weighted by Crippen LogP contribution is -2.50. The van der Waals surface area contributed by atoms with Gasteiger partial charge in [0.15, 0.2) is 0 Å². The third kappa shape index (κ3) is 10.7. The van der Waals surface area contributed by atoms with Crippen LogP contribution >= 0.6 is 11.3 Å². The zero-order chi connectivity index (χ0) is 60.4. The molecule has 1 aliphatic heterocycles. The van der Waals surface area contributed by atoms with E-state index in [1.165, 1.54) is 101 Å². The molecule has 3 nitrogen and oxygen atoms in total. The van der Waals surface area contributed by atoms with Gasteiger partial charge < -0.3 is 15.1 Å². The van der Waals surface area contributed by atoms with E-state index < -0.39 is 6.40 Å². The number of hydrogen-bond donors (Lipinski definition) is 1. The Labute approximate surface area is 503 Å². The molecule has 5 aliphatic carbocycles. The standard InChI is InChI=1S/C77H92BN3S/c1-16-19-20-26-42-80(66-31-25-24-28-51(66)4)58-48-65(79-57-34-35-60-62(47-57)76(12,13)39-38-74(60,8)9)72-69(49-58)81(67-37-33-56(73(5,6)7)46-59(67)53-29-22-21-23-30-53)68-44-54(52(18-3)27-17-2)32-36-64(68)78(72)71-45-55-43-61-63(50-70(55)82-71)77(14,15)41-40-75(61,10)11/h16-18,21-22,24-26,28-29,31-37,42-43,45-47,49-50,52,54,65,79H,1-3,19-20,23,27,30,38-41,44,48H2,4-15H3/b42-26+/i2D,3D,27D/b17-2?,18-3?,42-26+. The van der Waals surface area contributed by atoms with Gasteiger partial charge in [-0.3, -0.25) is 0 Å². The predicted octanol–water partition coefficient (Wildman–Crippen LogP) is 20.5. The molecule has 0 saturated carbocycles. The van der Waals surface area contributed by atoms with Crippen LogP contribution in [0.25, 0.3) is 15.7 Å². The topological polar surface area (TPSA) is 18.5 Å². The third-order valence-electron chi connectivity index (χ3n) is 19.8. The molecule has 82 heavy (non-hydrogen) atoms. The first-order valence-corrected chi connectivity index (χ1v) is 31.6. The number of fused-ring (bicyclic) bond motifs is 3. The number of allylic oxidation sites excluding steroid dienone is 13. The summed E-state index contributed by atoms with van der Waals surface area (Å²) in [6, 6.07) is 31.0. The number of anilines is 3. The lowest BCUT2D eigenvalue weighted by atomic mass is 9.34. The van der Waals surface area contributed by atoms with E-state index in [9.17, 15) is 1.37 Å². The first-order valence-electron chi connectivity index (χ1n) is 32.5. The van der Waals surface area contributed by atoms with Gasteiger partial charge in [-0.25, -0.2) is 0 Å². The van der Waals surface area contributed by atoms with Crippen LogP contribution < -0.4 is 19.9 Å². The fraction of sp³-hybridized carbons (Fsp3) is 0.403. The smallest absolute Gasteiger partial charge is 0.256 e. The summed E-state index contributed by atoms with van der Waals surface area (Å²) in [4.78, 5) is 5.16. The maximum absolute atomic E-state index is 9.51. The maximum atomic E-state index is 9.51. The van der Waals surface area contributed by atoms with Crippen molar-refractivity contribution in [1.29, 1.82) is 0 Å². The second-order valence-electron chi connectivity index (χ2n) is 28.4. The number of nitrogens with zero attached hydrogens (tertiary/aromatic N) is 2. The van der Waals surface area contributed by atoms with Gasteiger partial charge in [0.2, 0.25) is 0 Å². The molecule has 11 rings (SSSR count). The van der Waals surface area contributed by atoms with E-state index in [1.807, 2.05) is 23.5 Å². The minimum Gasteiger partial charge on any atom is -0.379 e. The third-order valence-corrected chi connectivity index (χ3v) is 20.9. The fourth-order valence-electron chi connectivity index (χ4n) is 14.5. The highest BCUT2D eigenvalue weighted by Crippen LogP contribution is 2.53. The van der Waals surface area contributed by atoms with Crippen molar-refractivity contribution >= 4 is 55.5 Å². The highest BCUT2D eigenvalue weighted by Gasteiger charge is 2.47. The van der Waals surface area contributed by atoms with Crippen LogP contribution in [-0.4, -0.2) is 12.8 Å². The molecular formula is C77H92BN3S. The number of nitrogens with one attached hydrogen (secondary N) is 1. The maximum Gasteiger partial charge on any atom is 0.256 e. The zero-order valence-electron chi connectivity index (χ0n) is 54.5. The fourth-order valence-corrected chi connectivity index (χ4v) is 15.7. The van der Waals surface area contributed by atoms with Crippen LogP contribution in [0.5, 0.6) is 0 Å². The number of thiophene rings is 1. The first-order chi connectivity index (χ1) is 40.4. The van der Waals surface area contributed by atoms with E-state index in [4.69, 9.17) is 2.74 Å². The molecule has 424 valence electrons. The number of para-hydroxylation sites is 1. The number of hydrogen-bond acceptors (Lipinski definition) is 4. The SMILES string of the molecule is [2H]C=CC([2H])C(C=C[2H])C1C=CC2=C(C1)N(c1ccc(C(C)(C)C)cc1C1=CC=CCC1)C1=C(B2c2cc3cc4c(cc3s2)C(C)(C)CCC4(C)C)C(Nc2ccc3c(c2)C(C)(C)CCC3(C)C)CC(N(/C=C/CCC=C)c2ccccc2C)=C1. The molecule has 5 aromatic rings. The van der Waals surface area contributed by atoms with Crippen molar-refractivity contribution in [1.82, 2.24) is 0 Å². The average molecular weight is 1110 g/mol. The lowest BCUT2D eigenvalue weighted by Gasteiger charge is -2.47. The first kappa shape index (κ1) is 53.7. The van der Waals surface area contributed by atoms with Crippen LogP contribution in [0.15, 0.2) is 194 Å². The van der Waals surface area contributed by atoms with Crippen molar-refractivity contribution in [2.75, 3.05) is 15.1 Å². The van der Waals surface area contributed by atoms with Crippen molar-refractivity contribution in [3.05, 3.63) is 232 Å². The van der Waals surface area contributed by atoms with Crippen molar-refractivity contribution < 1.29 is 4.11 Å². The van der Waals surface area contributed by atoms with E-state index in [2.05, 4.69) is 232 Å². The summed E-state index contributed by atoms with van der Waals surface area (Å²) in [6.45, 7) is 35.3. The Bertz CT molecular complexity index is 3660. The summed E-state index contributed by atoms with van der Waals surface area (Å²) >= 11 is 1.98. The van der Waals surface area contributed by atoms with Gasteiger partial charge in [0.1, 0.15) is 0 Å². The largest absolute Gasteiger partial charge is 0.379 e. The molecule has 0 fully saturated rings. The van der Waals surface area contributed by atoms with Crippen molar-refractivity contribution in [3.8, 4) is 0 Å². The van der Waals surface area contributed by atoms with Crippen LogP contribution in [0.2, 0.25) is 0 Å². The monoisotopic (exact) mass is 1100 g/mol. The molecule has 2 heterocycles. The predicted molar refractivity (Wildman–Crippen MR) is 360 cm³/mol. The minimum atomic E-state index is -0.695. The molecule has 6 aliphatic rings. The van der Waals surface area contributed by atoms with Gasteiger partial charge in [-0.05, 0) is 225 Å². The van der Waals surface area contributed by atoms with E-state index in [-0.39, 0.29) is 51.7 Å². The summed E-state index contributed by atoms with van der Waals surface area (Å²) in [5, 5.41) is 5.75. The van der Waals surface area contributed by atoms with Crippen LogP contribution in [0, 0.1) is 18.8 Å². The Morgan fingerprint density at radius 3 is 2.27 bits per heavy atom. The normalized spacial score (nSPS) is 23.0. The van der Waals surface area contributed by atoms with Gasteiger partial charge in [0.05, 0.1) is 8.43 Å². The van der Waals surface area contributed by atoms with Crippen LogP contribution in [0.3, 0.4) is 0 Å². The molecule has 0 spiro atoms. The molecule has 0 bridgehead atoms. The molecule has 4 atom stereocenters. The number of rotatable bonds is 15. The average Bonchev–Trinajstić information content (AvgIpc) is 1.91. The Morgan fingerprint density at radius 2 is 1.57 bits per heavy atom. The van der Waals surface area contributed by atoms with Gasteiger partial charge in [-0.1, -0.05) is 161 Å².